The van der Waals surface area contributed by atoms with E-state index >= 15 is 0 Å². The van der Waals surface area contributed by atoms with Crippen molar-refractivity contribution in [3.8, 4) is 0 Å². The van der Waals surface area contributed by atoms with E-state index in [-0.39, 0.29) is 0 Å². The van der Waals surface area contributed by atoms with Crippen LogP contribution in [-0.2, 0) is 4.74 Å². The highest BCUT2D eigenvalue weighted by Gasteiger charge is 1.89. The van der Waals surface area contributed by atoms with Crippen LogP contribution in [0.4, 0.5) is 0 Å². The lowest BCUT2D eigenvalue weighted by molar-refractivity contribution is 0.193. The highest BCUT2D eigenvalue weighted by molar-refractivity contribution is 5.17. The smallest absolute Gasteiger partial charge is 0.0462 e. The van der Waals surface area contributed by atoms with Crippen LogP contribution in [0.15, 0.2) is 37.0 Å². The molecule has 82 valence electrons. The van der Waals surface area contributed by atoms with Crippen molar-refractivity contribution in [2.75, 3.05) is 13.7 Å². The lowest BCUT2D eigenvalue weighted by Gasteiger charge is -1.99. The zero-order valence-corrected chi connectivity index (χ0v) is 9.88. The van der Waals surface area contributed by atoms with E-state index in [1.54, 1.807) is 13.2 Å². The first-order chi connectivity index (χ1) is 6.81. The van der Waals surface area contributed by atoms with Crippen molar-refractivity contribution >= 4 is 0 Å². The summed E-state index contributed by atoms with van der Waals surface area (Å²) in [5.74, 6) is 0. The second-order valence-electron chi connectivity index (χ2n) is 2.70. The van der Waals surface area contributed by atoms with E-state index in [9.17, 15) is 0 Å². The molecule has 1 nitrogen and oxygen atoms in total. The van der Waals surface area contributed by atoms with E-state index in [2.05, 4.69) is 13.2 Å². The Bertz CT molecular complexity index is 157. The number of methoxy groups -OCH3 is 1. The van der Waals surface area contributed by atoms with Gasteiger partial charge in [0.1, 0.15) is 0 Å². The van der Waals surface area contributed by atoms with Gasteiger partial charge in [-0.25, -0.2) is 0 Å². The summed E-state index contributed by atoms with van der Waals surface area (Å²) in [6.45, 7) is 12.4. The van der Waals surface area contributed by atoms with Gasteiger partial charge >= 0.3 is 0 Å². The van der Waals surface area contributed by atoms with Crippen molar-refractivity contribution in [1.82, 2.24) is 0 Å². The maximum Gasteiger partial charge on any atom is 0.0462 e. The molecule has 0 aliphatic rings. The summed E-state index contributed by atoms with van der Waals surface area (Å²) in [4.78, 5) is 0. The summed E-state index contributed by atoms with van der Waals surface area (Å²) in [5, 5.41) is 0. The van der Waals surface area contributed by atoms with Crippen LogP contribution in [0, 0.1) is 0 Å². The molecule has 14 heavy (non-hydrogen) atoms. The van der Waals surface area contributed by atoms with Gasteiger partial charge in [-0.3, -0.25) is 0 Å². The molecule has 0 spiro atoms. The van der Waals surface area contributed by atoms with Gasteiger partial charge in [0.05, 0.1) is 0 Å². The minimum absolute atomic E-state index is 0.846. The largest absolute Gasteiger partial charge is 0.385 e. The van der Waals surface area contributed by atoms with Gasteiger partial charge in [-0.2, -0.15) is 0 Å². The molecular formula is C13H24O. The Labute approximate surface area is 89.2 Å². The van der Waals surface area contributed by atoms with Crippen molar-refractivity contribution in [1.29, 1.82) is 0 Å². The number of rotatable bonds is 7. The maximum absolute atomic E-state index is 4.94. The molecule has 1 heteroatoms. The summed E-state index contributed by atoms with van der Waals surface area (Å²) >= 11 is 0. The Morgan fingerprint density at radius 1 is 1.29 bits per heavy atom. The first kappa shape index (κ1) is 15.6. The van der Waals surface area contributed by atoms with E-state index in [0.717, 1.165) is 31.4 Å². The van der Waals surface area contributed by atoms with E-state index in [0.29, 0.717) is 0 Å². The van der Waals surface area contributed by atoms with E-state index in [4.69, 9.17) is 4.74 Å². The predicted octanol–water partition coefficient (Wildman–Crippen LogP) is 4.13. The average molecular weight is 196 g/mol. The normalized spacial score (nSPS) is 9.36. The quantitative estimate of drug-likeness (QED) is 0.439. The Kier molecular flexibility index (Phi) is 16.4. The molecule has 0 radical (unpaired) electrons. The van der Waals surface area contributed by atoms with Crippen LogP contribution in [0.3, 0.4) is 0 Å². The molecule has 0 fully saturated rings. The Balaban J connectivity index is 0. The zero-order chi connectivity index (χ0) is 11.2. The summed E-state index contributed by atoms with van der Waals surface area (Å²) in [6.07, 6.45) is 8.98. The van der Waals surface area contributed by atoms with Crippen LogP contribution < -0.4 is 0 Å². The second kappa shape index (κ2) is 14.7. The summed E-state index contributed by atoms with van der Waals surface area (Å²) in [5.41, 5.74) is 1.16. The monoisotopic (exact) mass is 196 g/mol. The first-order valence-corrected chi connectivity index (χ1v) is 5.27. The molecule has 0 aliphatic carbocycles. The number of hydrogen-bond acceptors (Lipinski definition) is 1. The van der Waals surface area contributed by atoms with E-state index in [1.807, 2.05) is 26.0 Å². The summed E-state index contributed by atoms with van der Waals surface area (Å²) < 4.78 is 4.94. The molecule has 0 atom stereocenters. The van der Waals surface area contributed by atoms with Gasteiger partial charge in [0.25, 0.3) is 0 Å². The fraction of sp³-hybridized carbons (Fsp3) is 0.538. The van der Waals surface area contributed by atoms with Gasteiger partial charge in [0.15, 0.2) is 0 Å². The third-order valence-electron chi connectivity index (χ3n) is 1.56. The van der Waals surface area contributed by atoms with Crippen LogP contribution in [0.5, 0.6) is 0 Å². The Hall–Kier alpha value is -0.820. The highest BCUT2D eigenvalue weighted by atomic mass is 16.5. The van der Waals surface area contributed by atoms with Crippen LogP contribution in [0.25, 0.3) is 0 Å². The molecule has 0 aliphatic heterocycles. The summed E-state index contributed by atoms with van der Waals surface area (Å²) in [7, 11) is 1.73. The minimum atomic E-state index is 0.846. The molecule has 0 rings (SSSR count). The standard InChI is InChI=1S/C11H18O.C2H6/c1-4-5-8-11(2)9-6-7-10-12-3;1-2/h4-5,8H,1-2,6-7,9-10H2,3H3;1-2H3/b8-5-;. The van der Waals surface area contributed by atoms with Crippen LogP contribution in [0.2, 0.25) is 0 Å². The highest BCUT2D eigenvalue weighted by Crippen LogP contribution is 2.06. The summed E-state index contributed by atoms with van der Waals surface area (Å²) in [6, 6.07) is 0. The van der Waals surface area contributed by atoms with Gasteiger partial charge in [-0.15, -0.1) is 0 Å². The Morgan fingerprint density at radius 3 is 2.43 bits per heavy atom. The van der Waals surface area contributed by atoms with Crippen molar-refractivity contribution in [2.45, 2.75) is 33.1 Å². The van der Waals surface area contributed by atoms with E-state index in [1.165, 1.54) is 0 Å². The van der Waals surface area contributed by atoms with Crippen molar-refractivity contribution in [3.05, 3.63) is 37.0 Å². The lowest BCUT2D eigenvalue weighted by atomic mass is 10.1. The molecule has 0 unspecified atom stereocenters. The molecule has 0 bridgehead atoms. The average Bonchev–Trinajstić information content (AvgIpc) is 2.24. The SMILES string of the molecule is C=C/C=C\C(=C)CCCCOC.CC. The van der Waals surface area contributed by atoms with Crippen molar-refractivity contribution < 1.29 is 4.74 Å². The van der Waals surface area contributed by atoms with Gasteiger partial charge in [0.2, 0.25) is 0 Å². The molecule has 0 aromatic rings. The van der Waals surface area contributed by atoms with Crippen LogP contribution >= 0.6 is 0 Å². The number of hydrogen-bond donors (Lipinski definition) is 0. The fourth-order valence-electron chi connectivity index (χ4n) is 0.886. The fourth-order valence-corrected chi connectivity index (χ4v) is 0.886. The first-order valence-electron chi connectivity index (χ1n) is 5.27. The third kappa shape index (κ3) is 13.7. The lowest BCUT2D eigenvalue weighted by Crippen LogP contribution is -1.88. The van der Waals surface area contributed by atoms with Crippen molar-refractivity contribution in [2.24, 2.45) is 0 Å². The molecule has 0 aromatic heterocycles. The van der Waals surface area contributed by atoms with Gasteiger partial charge in [0, 0.05) is 13.7 Å². The van der Waals surface area contributed by atoms with Crippen LogP contribution in [0.1, 0.15) is 33.1 Å². The topological polar surface area (TPSA) is 9.23 Å². The molecule has 0 aromatic carbocycles. The second-order valence-corrected chi connectivity index (χ2v) is 2.70. The van der Waals surface area contributed by atoms with Gasteiger partial charge < -0.3 is 4.74 Å². The molecule has 0 saturated carbocycles. The third-order valence-corrected chi connectivity index (χ3v) is 1.56. The number of ether oxygens (including phenoxy) is 1. The van der Waals surface area contributed by atoms with Crippen molar-refractivity contribution in [3.63, 3.8) is 0 Å². The molecule has 0 amide bonds. The van der Waals surface area contributed by atoms with Gasteiger partial charge in [-0.1, -0.05) is 50.8 Å². The number of unbranched alkanes of at least 4 members (excludes halogenated alkanes) is 1. The number of allylic oxidation sites excluding steroid dienone is 4. The molecule has 0 N–H and O–H groups in total. The van der Waals surface area contributed by atoms with Crippen LogP contribution in [-0.4, -0.2) is 13.7 Å². The zero-order valence-electron chi connectivity index (χ0n) is 9.88. The Morgan fingerprint density at radius 2 is 1.93 bits per heavy atom. The maximum atomic E-state index is 4.94. The molecule has 0 saturated heterocycles. The molecular weight excluding hydrogens is 172 g/mol. The molecule has 0 heterocycles. The predicted molar refractivity (Wildman–Crippen MR) is 65.6 cm³/mol. The van der Waals surface area contributed by atoms with E-state index < -0.39 is 0 Å². The minimum Gasteiger partial charge on any atom is -0.385 e. The van der Waals surface area contributed by atoms with Gasteiger partial charge in [-0.05, 0) is 19.3 Å².